The van der Waals surface area contributed by atoms with E-state index in [-0.39, 0.29) is 17.3 Å². The number of carbonyl (C=O) groups excluding carboxylic acids is 1. The minimum Gasteiger partial charge on any atom is -0.323 e. The number of nitrogens with zero attached hydrogens (tertiary/aromatic N) is 3. The maximum absolute atomic E-state index is 13.6. The SMILES string of the molecule is C=CCn1c(CC2CCCCC2)nnc1SCC(=O)Nc1ccccc1F. The number of nitrogens with one attached hydrogen (secondary N) is 1. The molecule has 0 atom stereocenters. The molecule has 0 unspecified atom stereocenters. The van der Waals surface area contributed by atoms with Crippen LogP contribution in [0.5, 0.6) is 0 Å². The van der Waals surface area contributed by atoms with Crippen molar-refractivity contribution in [1.29, 1.82) is 0 Å². The third kappa shape index (κ3) is 5.42. The first-order chi connectivity index (χ1) is 13.2. The van der Waals surface area contributed by atoms with Crippen molar-refractivity contribution in [3.63, 3.8) is 0 Å². The van der Waals surface area contributed by atoms with Crippen molar-refractivity contribution >= 4 is 23.4 Å². The van der Waals surface area contributed by atoms with E-state index >= 15 is 0 Å². The van der Waals surface area contributed by atoms with Crippen LogP contribution in [0.25, 0.3) is 0 Å². The fraction of sp³-hybridized carbons (Fsp3) is 0.450. The summed E-state index contributed by atoms with van der Waals surface area (Å²) in [4.78, 5) is 12.2. The van der Waals surface area contributed by atoms with Gasteiger partial charge in [0, 0.05) is 13.0 Å². The Labute approximate surface area is 163 Å². The van der Waals surface area contributed by atoms with Crippen LogP contribution in [0.1, 0.15) is 37.9 Å². The number of aromatic nitrogens is 3. The Balaban J connectivity index is 1.61. The maximum atomic E-state index is 13.6. The minimum absolute atomic E-state index is 0.146. The van der Waals surface area contributed by atoms with Crippen LogP contribution < -0.4 is 5.32 Å². The normalized spacial score (nSPS) is 14.9. The standard InChI is InChI=1S/C20H25FN4OS/c1-2-12-25-18(13-15-8-4-3-5-9-15)23-24-20(25)27-14-19(26)22-17-11-7-6-10-16(17)21/h2,6-7,10-11,15H,1,3-5,8-9,12-14H2,(H,22,26). The Hall–Kier alpha value is -2.15. The van der Waals surface area contributed by atoms with Crippen LogP contribution >= 0.6 is 11.8 Å². The highest BCUT2D eigenvalue weighted by Crippen LogP contribution is 2.27. The Bertz CT molecular complexity index is 786. The van der Waals surface area contributed by atoms with Gasteiger partial charge in [-0.3, -0.25) is 4.79 Å². The topological polar surface area (TPSA) is 59.8 Å². The van der Waals surface area contributed by atoms with Crippen molar-refractivity contribution in [2.45, 2.75) is 50.2 Å². The second-order valence-electron chi connectivity index (χ2n) is 6.82. The van der Waals surface area contributed by atoms with Gasteiger partial charge in [0.1, 0.15) is 11.6 Å². The lowest BCUT2D eigenvalue weighted by atomic mass is 9.87. The molecular weight excluding hydrogens is 363 g/mol. The van der Waals surface area contributed by atoms with Gasteiger partial charge in [0.15, 0.2) is 5.16 Å². The lowest BCUT2D eigenvalue weighted by Gasteiger charge is -2.21. The number of allylic oxidation sites excluding steroid dienone is 1. The van der Waals surface area contributed by atoms with Crippen molar-refractivity contribution < 1.29 is 9.18 Å². The lowest BCUT2D eigenvalue weighted by Crippen LogP contribution is -2.16. The molecule has 27 heavy (non-hydrogen) atoms. The van der Waals surface area contributed by atoms with Crippen molar-refractivity contribution in [3.05, 3.63) is 48.6 Å². The third-order valence-electron chi connectivity index (χ3n) is 4.78. The molecule has 0 radical (unpaired) electrons. The molecule has 7 heteroatoms. The monoisotopic (exact) mass is 388 g/mol. The van der Waals surface area contributed by atoms with Crippen LogP contribution in [0.3, 0.4) is 0 Å². The van der Waals surface area contributed by atoms with E-state index in [0.717, 1.165) is 12.2 Å². The van der Waals surface area contributed by atoms with Gasteiger partial charge in [0.05, 0.1) is 11.4 Å². The first kappa shape index (κ1) is 19.6. The Morgan fingerprint density at radius 2 is 2.07 bits per heavy atom. The second-order valence-corrected chi connectivity index (χ2v) is 7.77. The number of para-hydroxylation sites is 1. The molecule has 0 spiro atoms. The first-order valence-corrected chi connectivity index (χ1v) is 10.4. The summed E-state index contributed by atoms with van der Waals surface area (Å²) in [5, 5.41) is 11.9. The average Bonchev–Trinajstić information content (AvgIpc) is 3.05. The predicted octanol–water partition coefficient (Wildman–Crippen LogP) is 4.46. The summed E-state index contributed by atoms with van der Waals surface area (Å²) in [5.74, 6) is 1.05. The highest BCUT2D eigenvalue weighted by Gasteiger charge is 2.19. The summed E-state index contributed by atoms with van der Waals surface area (Å²) in [6.07, 6.45) is 9.13. The van der Waals surface area contributed by atoms with Gasteiger partial charge in [-0.05, 0) is 18.1 Å². The lowest BCUT2D eigenvalue weighted by molar-refractivity contribution is -0.113. The average molecular weight is 389 g/mol. The molecule has 144 valence electrons. The van der Waals surface area contributed by atoms with Crippen LogP contribution in [0.15, 0.2) is 42.1 Å². The third-order valence-corrected chi connectivity index (χ3v) is 5.75. The van der Waals surface area contributed by atoms with Crippen molar-refractivity contribution in [3.8, 4) is 0 Å². The highest BCUT2D eigenvalue weighted by molar-refractivity contribution is 7.99. The minimum atomic E-state index is -0.444. The van der Waals surface area contributed by atoms with Crippen molar-refractivity contribution in [2.75, 3.05) is 11.1 Å². The van der Waals surface area contributed by atoms with Crippen molar-refractivity contribution in [2.24, 2.45) is 5.92 Å². The summed E-state index contributed by atoms with van der Waals surface area (Å²) in [5.41, 5.74) is 0.189. The number of hydrogen-bond acceptors (Lipinski definition) is 4. The fourth-order valence-electron chi connectivity index (χ4n) is 3.42. The second kappa shape index (κ2) is 9.69. The predicted molar refractivity (Wildman–Crippen MR) is 106 cm³/mol. The van der Waals surface area contributed by atoms with Gasteiger partial charge in [0.2, 0.25) is 5.91 Å². The van der Waals surface area contributed by atoms with Gasteiger partial charge >= 0.3 is 0 Å². The number of anilines is 1. The summed E-state index contributed by atoms with van der Waals surface area (Å²) >= 11 is 1.31. The van der Waals surface area contributed by atoms with E-state index in [2.05, 4.69) is 22.1 Å². The molecular formula is C20H25FN4OS. The Morgan fingerprint density at radius 1 is 1.30 bits per heavy atom. The van der Waals surface area contributed by atoms with E-state index in [0.29, 0.717) is 17.6 Å². The van der Waals surface area contributed by atoms with Crippen LogP contribution in [0.4, 0.5) is 10.1 Å². The molecule has 0 saturated heterocycles. The molecule has 1 N–H and O–H groups in total. The van der Waals surface area contributed by atoms with Crippen LogP contribution in [-0.4, -0.2) is 26.4 Å². The Kier molecular flexibility index (Phi) is 7.04. The zero-order valence-corrected chi connectivity index (χ0v) is 16.2. The zero-order chi connectivity index (χ0) is 19.1. The number of benzene rings is 1. The molecule has 1 saturated carbocycles. The maximum Gasteiger partial charge on any atom is 0.234 e. The summed E-state index contributed by atoms with van der Waals surface area (Å²) in [6, 6.07) is 6.14. The van der Waals surface area contributed by atoms with Crippen LogP contribution in [0.2, 0.25) is 0 Å². The van der Waals surface area contributed by atoms with Gasteiger partial charge < -0.3 is 9.88 Å². The molecule has 3 rings (SSSR count). The summed E-state index contributed by atoms with van der Waals surface area (Å²) in [7, 11) is 0. The summed E-state index contributed by atoms with van der Waals surface area (Å²) in [6.45, 7) is 4.44. The largest absolute Gasteiger partial charge is 0.323 e. The van der Waals surface area contributed by atoms with Gasteiger partial charge in [-0.1, -0.05) is 62.1 Å². The fourth-order valence-corrected chi connectivity index (χ4v) is 4.18. The molecule has 1 aliphatic carbocycles. The van der Waals surface area contributed by atoms with E-state index in [1.54, 1.807) is 18.2 Å². The molecule has 2 aromatic rings. The number of thioether (sulfide) groups is 1. The molecule has 1 fully saturated rings. The quantitative estimate of drug-likeness (QED) is 0.536. The van der Waals surface area contributed by atoms with Crippen LogP contribution in [-0.2, 0) is 17.8 Å². The number of amides is 1. The Morgan fingerprint density at radius 3 is 2.81 bits per heavy atom. The summed E-state index contributed by atoms with van der Waals surface area (Å²) < 4.78 is 15.7. The van der Waals surface area contributed by atoms with E-state index in [1.807, 2.05) is 10.6 Å². The number of halogens is 1. The van der Waals surface area contributed by atoms with E-state index in [1.165, 1.54) is 49.9 Å². The van der Waals surface area contributed by atoms with E-state index in [4.69, 9.17) is 0 Å². The molecule has 1 amide bonds. The van der Waals surface area contributed by atoms with E-state index in [9.17, 15) is 9.18 Å². The van der Waals surface area contributed by atoms with E-state index < -0.39 is 5.82 Å². The first-order valence-electron chi connectivity index (χ1n) is 9.37. The molecule has 1 heterocycles. The van der Waals surface area contributed by atoms with Gasteiger partial charge in [0.25, 0.3) is 0 Å². The zero-order valence-electron chi connectivity index (χ0n) is 15.4. The molecule has 1 aliphatic rings. The number of rotatable bonds is 8. The smallest absolute Gasteiger partial charge is 0.234 e. The van der Waals surface area contributed by atoms with Gasteiger partial charge in [-0.25, -0.2) is 4.39 Å². The molecule has 1 aromatic carbocycles. The molecule has 1 aromatic heterocycles. The van der Waals surface area contributed by atoms with Crippen LogP contribution in [0, 0.1) is 11.7 Å². The molecule has 0 bridgehead atoms. The molecule has 0 aliphatic heterocycles. The van der Waals surface area contributed by atoms with Gasteiger partial charge in [-0.15, -0.1) is 16.8 Å². The highest BCUT2D eigenvalue weighted by atomic mass is 32.2. The molecule has 5 nitrogen and oxygen atoms in total. The van der Waals surface area contributed by atoms with Crippen molar-refractivity contribution in [1.82, 2.24) is 14.8 Å². The number of carbonyl (C=O) groups is 1. The number of hydrogen-bond donors (Lipinski definition) is 1. The van der Waals surface area contributed by atoms with Gasteiger partial charge in [-0.2, -0.15) is 0 Å².